The van der Waals surface area contributed by atoms with E-state index in [1.54, 1.807) is 0 Å². The van der Waals surface area contributed by atoms with Crippen LogP contribution in [-0.4, -0.2) is 14.3 Å². The molecule has 0 unspecified atom stereocenters. The Labute approximate surface area is 90.3 Å². The second-order valence-electron chi connectivity index (χ2n) is 3.94. The highest BCUT2D eigenvalue weighted by Crippen LogP contribution is 2.19. The molecular weight excluding hydrogens is 186 g/mol. The molecule has 0 aliphatic carbocycles. The average molecular weight is 203 g/mol. The molecule has 3 heteroatoms. The number of nitrogens with zero attached hydrogens (tertiary/aromatic N) is 3. The summed E-state index contributed by atoms with van der Waals surface area (Å²) in [6.45, 7) is 6.39. The summed E-state index contributed by atoms with van der Waals surface area (Å²) in [7, 11) is 1.97. The van der Waals surface area contributed by atoms with Crippen LogP contribution in [0.4, 0.5) is 0 Å². The molecule has 3 nitrogen and oxygen atoms in total. The fourth-order valence-electron chi connectivity index (χ4n) is 2.01. The summed E-state index contributed by atoms with van der Waals surface area (Å²) >= 11 is 0. The first-order valence-corrected chi connectivity index (χ1v) is 5.31. The zero-order valence-electron chi connectivity index (χ0n) is 9.78. The maximum atomic E-state index is 4.46. The van der Waals surface area contributed by atoms with Gasteiger partial charge in [-0.2, -0.15) is 5.10 Å². The van der Waals surface area contributed by atoms with Crippen LogP contribution in [-0.2, 0) is 13.5 Å². The summed E-state index contributed by atoms with van der Waals surface area (Å²) in [4.78, 5) is 0. The van der Waals surface area contributed by atoms with Gasteiger partial charge in [0.2, 0.25) is 0 Å². The zero-order valence-corrected chi connectivity index (χ0v) is 9.78. The van der Waals surface area contributed by atoms with E-state index < -0.39 is 0 Å². The second kappa shape index (κ2) is 3.57. The van der Waals surface area contributed by atoms with E-state index in [-0.39, 0.29) is 0 Å². The fraction of sp³-hybridized carbons (Fsp3) is 0.417. The van der Waals surface area contributed by atoms with Gasteiger partial charge in [-0.15, -0.1) is 0 Å². The van der Waals surface area contributed by atoms with Crippen LogP contribution in [0.15, 0.2) is 18.3 Å². The minimum absolute atomic E-state index is 0.966. The number of hydrogen-bond donors (Lipinski definition) is 0. The van der Waals surface area contributed by atoms with Gasteiger partial charge in [-0.3, -0.25) is 4.68 Å². The maximum Gasteiger partial charge on any atom is 0.0870 e. The van der Waals surface area contributed by atoms with Crippen molar-refractivity contribution in [3.05, 3.63) is 35.4 Å². The summed E-state index contributed by atoms with van der Waals surface area (Å²) in [6, 6.07) is 4.28. The lowest BCUT2D eigenvalue weighted by atomic mass is 10.3. The van der Waals surface area contributed by atoms with Crippen molar-refractivity contribution in [2.45, 2.75) is 27.2 Å². The highest BCUT2D eigenvalue weighted by atomic mass is 15.3. The molecule has 2 rings (SSSR count). The summed E-state index contributed by atoms with van der Waals surface area (Å²) in [5.74, 6) is 0. The number of rotatable bonds is 2. The van der Waals surface area contributed by atoms with Gasteiger partial charge in [0.15, 0.2) is 0 Å². The molecule has 0 fully saturated rings. The van der Waals surface area contributed by atoms with Gasteiger partial charge in [0.05, 0.1) is 11.4 Å². The van der Waals surface area contributed by atoms with E-state index in [1.165, 1.54) is 17.1 Å². The molecule has 0 atom stereocenters. The first-order chi connectivity index (χ1) is 7.13. The molecule has 0 N–H and O–H groups in total. The van der Waals surface area contributed by atoms with E-state index in [0.29, 0.717) is 0 Å². The lowest BCUT2D eigenvalue weighted by molar-refractivity contribution is 0.746. The average Bonchev–Trinajstić information content (AvgIpc) is 2.70. The Kier molecular flexibility index (Phi) is 2.39. The van der Waals surface area contributed by atoms with Crippen LogP contribution in [0.2, 0.25) is 0 Å². The fourth-order valence-corrected chi connectivity index (χ4v) is 2.01. The van der Waals surface area contributed by atoms with Gasteiger partial charge in [-0.25, -0.2) is 0 Å². The molecule has 0 aliphatic rings. The van der Waals surface area contributed by atoms with Crippen LogP contribution in [0.25, 0.3) is 5.69 Å². The molecule has 80 valence electrons. The van der Waals surface area contributed by atoms with Crippen molar-refractivity contribution < 1.29 is 0 Å². The van der Waals surface area contributed by atoms with Gasteiger partial charge < -0.3 is 4.57 Å². The SMILES string of the molecule is CCc1nn(C)cc1-n1c(C)ccc1C. The highest BCUT2D eigenvalue weighted by Gasteiger charge is 2.11. The monoisotopic (exact) mass is 203 g/mol. The van der Waals surface area contributed by atoms with Crippen molar-refractivity contribution in [3.63, 3.8) is 0 Å². The molecule has 2 aromatic rings. The molecule has 0 aliphatic heterocycles. The highest BCUT2D eigenvalue weighted by molar-refractivity contribution is 5.40. The molecule has 0 spiro atoms. The third kappa shape index (κ3) is 1.58. The van der Waals surface area contributed by atoms with Gasteiger partial charge in [0, 0.05) is 24.6 Å². The smallest absolute Gasteiger partial charge is 0.0870 e. The predicted molar refractivity (Wildman–Crippen MR) is 61.4 cm³/mol. The first kappa shape index (κ1) is 10.0. The zero-order chi connectivity index (χ0) is 11.0. The van der Waals surface area contributed by atoms with Crippen LogP contribution in [0.1, 0.15) is 24.0 Å². The lowest BCUT2D eigenvalue weighted by Gasteiger charge is -2.07. The first-order valence-electron chi connectivity index (χ1n) is 5.31. The second-order valence-corrected chi connectivity index (χ2v) is 3.94. The van der Waals surface area contributed by atoms with E-state index in [2.05, 4.69) is 48.8 Å². The van der Waals surface area contributed by atoms with Crippen molar-refractivity contribution in [3.8, 4) is 5.69 Å². The standard InChI is InChI=1S/C12H17N3/c1-5-11-12(8-14(4)13-11)15-9(2)6-7-10(15)3/h6-8H,5H2,1-4H3. The van der Waals surface area contributed by atoms with Gasteiger partial charge >= 0.3 is 0 Å². The van der Waals surface area contributed by atoms with Gasteiger partial charge in [0.25, 0.3) is 0 Å². The van der Waals surface area contributed by atoms with Crippen LogP contribution < -0.4 is 0 Å². The largest absolute Gasteiger partial charge is 0.315 e. The van der Waals surface area contributed by atoms with Crippen LogP contribution in [0, 0.1) is 13.8 Å². The quantitative estimate of drug-likeness (QED) is 0.735. The maximum absolute atomic E-state index is 4.46. The van der Waals surface area contributed by atoms with Crippen molar-refractivity contribution in [1.29, 1.82) is 0 Å². The van der Waals surface area contributed by atoms with Gasteiger partial charge in [0.1, 0.15) is 0 Å². The van der Waals surface area contributed by atoms with Crippen molar-refractivity contribution in [2.75, 3.05) is 0 Å². The van der Waals surface area contributed by atoms with Crippen LogP contribution in [0.3, 0.4) is 0 Å². The Bertz CT molecular complexity index is 458. The van der Waals surface area contributed by atoms with Gasteiger partial charge in [-0.1, -0.05) is 6.92 Å². The number of aromatic nitrogens is 3. The number of aryl methyl sites for hydroxylation is 4. The molecule has 0 saturated heterocycles. The van der Waals surface area contributed by atoms with Crippen molar-refractivity contribution in [1.82, 2.24) is 14.3 Å². The molecule has 2 aromatic heterocycles. The topological polar surface area (TPSA) is 22.8 Å². The van der Waals surface area contributed by atoms with E-state index in [0.717, 1.165) is 12.1 Å². The summed E-state index contributed by atoms with van der Waals surface area (Å²) in [5, 5.41) is 4.46. The molecule has 0 amide bonds. The predicted octanol–water partition coefficient (Wildman–Crippen LogP) is 2.39. The van der Waals surface area contributed by atoms with E-state index in [9.17, 15) is 0 Å². The molecule has 0 saturated carbocycles. The summed E-state index contributed by atoms with van der Waals surface area (Å²) in [6.07, 6.45) is 3.05. The van der Waals surface area contributed by atoms with Crippen molar-refractivity contribution >= 4 is 0 Å². The molecule has 0 aromatic carbocycles. The minimum Gasteiger partial charge on any atom is -0.315 e. The lowest BCUT2D eigenvalue weighted by Crippen LogP contribution is -2.00. The molecule has 15 heavy (non-hydrogen) atoms. The third-order valence-corrected chi connectivity index (χ3v) is 2.73. The molecule has 0 radical (unpaired) electrons. The minimum atomic E-state index is 0.966. The normalized spacial score (nSPS) is 10.9. The third-order valence-electron chi connectivity index (χ3n) is 2.73. The van der Waals surface area contributed by atoms with Crippen LogP contribution >= 0.6 is 0 Å². The van der Waals surface area contributed by atoms with E-state index in [1.807, 2.05) is 11.7 Å². The van der Waals surface area contributed by atoms with Crippen LogP contribution in [0.5, 0.6) is 0 Å². The van der Waals surface area contributed by atoms with E-state index in [4.69, 9.17) is 0 Å². The van der Waals surface area contributed by atoms with E-state index >= 15 is 0 Å². The Morgan fingerprint density at radius 3 is 2.33 bits per heavy atom. The summed E-state index contributed by atoms with van der Waals surface area (Å²) < 4.78 is 4.14. The van der Waals surface area contributed by atoms with Gasteiger partial charge in [-0.05, 0) is 32.4 Å². The molecular formula is C12H17N3. The Morgan fingerprint density at radius 2 is 1.80 bits per heavy atom. The Morgan fingerprint density at radius 1 is 1.20 bits per heavy atom. The summed E-state index contributed by atoms with van der Waals surface area (Å²) in [5.41, 5.74) is 4.88. The number of hydrogen-bond acceptors (Lipinski definition) is 1. The Balaban J connectivity index is 2.62. The molecule has 0 bridgehead atoms. The molecule has 2 heterocycles. The van der Waals surface area contributed by atoms with Crippen molar-refractivity contribution in [2.24, 2.45) is 7.05 Å². The Hall–Kier alpha value is -1.51.